The molecule has 0 N–H and O–H groups in total. The Kier molecular flexibility index (Phi) is 3.86. The van der Waals surface area contributed by atoms with Crippen molar-refractivity contribution in [2.45, 2.75) is 38.7 Å². The van der Waals surface area contributed by atoms with E-state index in [0.29, 0.717) is 49.2 Å². The zero-order valence-electron chi connectivity index (χ0n) is 15.4. The van der Waals surface area contributed by atoms with E-state index >= 15 is 0 Å². The summed E-state index contributed by atoms with van der Waals surface area (Å²) in [5.74, 6) is 0.816. The van der Waals surface area contributed by atoms with Crippen LogP contribution in [0.2, 0.25) is 0 Å². The Morgan fingerprint density at radius 2 is 1.96 bits per heavy atom. The fourth-order valence-electron chi connectivity index (χ4n) is 3.88. The number of ether oxygens (including phenoxy) is 1. The average Bonchev–Trinajstić information content (AvgIpc) is 2.95. The van der Waals surface area contributed by atoms with Crippen LogP contribution in [0.5, 0.6) is 5.75 Å². The molecule has 6 heteroatoms. The van der Waals surface area contributed by atoms with Crippen molar-refractivity contribution in [1.82, 2.24) is 14.7 Å². The number of fused-ring (bicyclic) bond motifs is 1. The highest BCUT2D eigenvalue weighted by Gasteiger charge is 2.43. The third kappa shape index (κ3) is 2.69. The van der Waals surface area contributed by atoms with Gasteiger partial charge in [0.15, 0.2) is 5.78 Å². The van der Waals surface area contributed by atoms with Crippen LogP contribution in [-0.4, -0.2) is 45.1 Å². The van der Waals surface area contributed by atoms with Crippen LogP contribution in [0.3, 0.4) is 0 Å². The second-order valence-corrected chi connectivity index (χ2v) is 7.44. The lowest BCUT2D eigenvalue weighted by Gasteiger charge is -2.44. The molecule has 1 aromatic heterocycles. The first-order valence-electron chi connectivity index (χ1n) is 8.99. The van der Waals surface area contributed by atoms with Crippen LogP contribution < -0.4 is 4.74 Å². The molecule has 4 rings (SSSR count). The third-order valence-corrected chi connectivity index (χ3v) is 5.67. The molecule has 2 aliphatic rings. The number of aromatic nitrogens is 2. The van der Waals surface area contributed by atoms with Crippen LogP contribution in [0.4, 0.5) is 0 Å². The fraction of sp³-hybridized carbons (Fsp3) is 0.450. The number of hydrogen-bond donors (Lipinski definition) is 0. The summed E-state index contributed by atoms with van der Waals surface area (Å²) >= 11 is 0. The molecule has 0 radical (unpaired) electrons. The lowest BCUT2D eigenvalue weighted by molar-refractivity contribution is -0.00573. The van der Waals surface area contributed by atoms with E-state index in [1.54, 1.807) is 10.9 Å². The summed E-state index contributed by atoms with van der Waals surface area (Å²) in [4.78, 5) is 27.2. The van der Waals surface area contributed by atoms with Crippen molar-refractivity contribution in [3.8, 4) is 5.75 Å². The molecule has 6 nitrogen and oxygen atoms in total. The number of carbonyl (C=O) groups is 2. The number of nitrogens with zero attached hydrogens (tertiary/aromatic N) is 3. The zero-order chi connectivity index (χ0) is 18.5. The molecule has 136 valence electrons. The highest BCUT2D eigenvalue weighted by atomic mass is 16.5. The van der Waals surface area contributed by atoms with Crippen molar-refractivity contribution in [1.29, 1.82) is 0 Å². The van der Waals surface area contributed by atoms with E-state index in [1.165, 1.54) is 0 Å². The van der Waals surface area contributed by atoms with Gasteiger partial charge >= 0.3 is 0 Å². The molecule has 2 aliphatic heterocycles. The van der Waals surface area contributed by atoms with Crippen molar-refractivity contribution in [3.63, 3.8) is 0 Å². The number of Topliss-reactive ketones (excluding diaryl/α,β-unsaturated/α-hetero) is 1. The number of hydrogen-bond acceptors (Lipinski definition) is 4. The Morgan fingerprint density at radius 3 is 2.62 bits per heavy atom. The Labute approximate surface area is 152 Å². The normalized spacial score (nSPS) is 18.6. The Morgan fingerprint density at radius 1 is 1.23 bits per heavy atom. The quantitative estimate of drug-likeness (QED) is 0.791. The van der Waals surface area contributed by atoms with E-state index in [9.17, 15) is 9.59 Å². The molecule has 1 aromatic carbocycles. The van der Waals surface area contributed by atoms with Crippen molar-refractivity contribution < 1.29 is 14.3 Å². The molecule has 1 amide bonds. The highest BCUT2D eigenvalue weighted by molar-refractivity contribution is 6.00. The standard InChI is InChI=1S/C20H23N3O3/c1-13-4-5-18-15(10-13)17(24)11-20(26-18)6-8-23(9-7-20)19(25)16-12-21-22(3)14(16)2/h4-5,10,12H,6-9,11H2,1-3H3. The van der Waals surface area contributed by atoms with Crippen LogP contribution in [0.15, 0.2) is 24.4 Å². The first-order valence-corrected chi connectivity index (χ1v) is 8.99. The van der Waals surface area contributed by atoms with Gasteiger partial charge in [0.05, 0.1) is 23.7 Å². The number of rotatable bonds is 1. The largest absolute Gasteiger partial charge is 0.486 e. The van der Waals surface area contributed by atoms with Gasteiger partial charge in [-0.3, -0.25) is 14.3 Å². The minimum absolute atomic E-state index is 0.00334. The number of piperidine rings is 1. The maximum atomic E-state index is 12.8. The predicted molar refractivity (Wildman–Crippen MR) is 96.6 cm³/mol. The van der Waals surface area contributed by atoms with Gasteiger partial charge in [-0.1, -0.05) is 11.6 Å². The van der Waals surface area contributed by atoms with Crippen molar-refractivity contribution in [2.75, 3.05) is 13.1 Å². The van der Waals surface area contributed by atoms with Crippen LogP contribution in [0, 0.1) is 13.8 Å². The van der Waals surface area contributed by atoms with E-state index in [1.807, 2.05) is 44.0 Å². The molecule has 1 spiro atoms. The maximum Gasteiger partial charge on any atom is 0.257 e. The molecule has 0 aliphatic carbocycles. The highest BCUT2D eigenvalue weighted by Crippen LogP contribution is 2.39. The Hall–Kier alpha value is -2.63. The smallest absolute Gasteiger partial charge is 0.257 e. The zero-order valence-corrected chi connectivity index (χ0v) is 15.4. The van der Waals surface area contributed by atoms with Crippen molar-refractivity contribution in [3.05, 3.63) is 46.8 Å². The van der Waals surface area contributed by atoms with Crippen LogP contribution in [0.1, 0.15) is 51.2 Å². The average molecular weight is 353 g/mol. The molecule has 26 heavy (non-hydrogen) atoms. The first-order chi connectivity index (χ1) is 12.4. The van der Waals surface area contributed by atoms with Gasteiger partial charge in [0.2, 0.25) is 0 Å². The van der Waals surface area contributed by atoms with Gasteiger partial charge in [0.1, 0.15) is 11.4 Å². The van der Waals surface area contributed by atoms with E-state index in [4.69, 9.17) is 4.74 Å². The van der Waals surface area contributed by atoms with E-state index in [2.05, 4.69) is 5.10 Å². The van der Waals surface area contributed by atoms with Gasteiger partial charge in [-0.2, -0.15) is 5.10 Å². The summed E-state index contributed by atoms with van der Waals surface area (Å²) in [5.41, 5.74) is 2.76. The number of benzene rings is 1. The summed E-state index contributed by atoms with van der Waals surface area (Å²) in [7, 11) is 1.83. The van der Waals surface area contributed by atoms with E-state index in [0.717, 1.165) is 11.3 Å². The van der Waals surface area contributed by atoms with Gasteiger partial charge in [-0.25, -0.2) is 0 Å². The SMILES string of the molecule is Cc1ccc2c(c1)C(=O)CC1(CCN(C(=O)c3cnn(C)c3C)CC1)O2. The van der Waals surface area contributed by atoms with Gasteiger partial charge in [-0.05, 0) is 26.0 Å². The number of ketones is 1. The maximum absolute atomic E-state index is 12.8. The fourth-order valence-corrected chi connectivity index (χ4v) is 3.88. The second kappa shape index (κ2) is 5.97. The summed E-state index contributed by atoms with van der Waals surface area (Å²) in [6.45, 7) is 5.04. The van der Waals surface area contributed by atoms with Gasteiger partial charge in [-0.15, -0.1) is 0 Å². The summed E-state index contributed by atoms with van der Waals surface area (Å²) in [5, 5.41) is 4.16. The topological polar surface area (TPSA) is 64.4 Å². The Bertz CT molecular complexity index is 892. The molecule has 1 fully saturated rings. The molecule has 3 heterocycles. The summed E-state index contributed by atoms with van der Waals surface area (Å²) < 4.78 is 7.98. The minimum Gasteiger partial charge on any atom is -0.486 e. The van der Waals surface area contributed by atoms with Crippen LogP contribution in [-0.2, 0) is 7.05 Å². The second-order valence-electron chi connectivity index (χ2n) is 7.44. The molecular weight excluding hydrogens is 330 g/mol. The predicted octanol–water partition coefficient (Wildman–Crippen LogP) is 2.68. The molecule has 0 saturated carbocycles. The lowest BCUT2D eigenvalue weighted by atomic mass is 9.82. The van der Waals surface area contributed by atoms with Crippen LogP contribution in [0.25, 0.3) is 0 Å². The minimum atomic E-state index is -0.486. The van der Waals surface area contributed by atoms with Crippen molar-refractivity contribution in [2.24, 2.45) is 7.05 Å². The first kappa shape index (κ1) is 16.8. The lowest BCUT2D eigenvalue weighted by Crippen LogP contribution is -2.52. The van der Waals surface area contributed by atoms with Crippen molar-refractivity contribution >= 4 is 11.7 Å². The molecule has 0 unspecified atom stereocenters. The summed E-state index contributed by atoms with van der Waals surface area (Å²) in [6.07, 6.45) is 3.34. The number of likely N-dealkylation sites (tertiary alicyclic amines) is 1. The van der Waals surface area contributed by atoms with E-state index < -0.39 is 5.60 Å². The number of aryl methyl sites for hydroxylation is 2. The third-order valence-electron chi connectivity index (χ3n) is 5.67. The molecule has 2 aromatic rings. The molecule has 0 bridgehead atoms. The Balaban J connectivity index is 1.50. The summed E-state index contributed by atoms with van der Waals surface area (Å²) in [6, 6.07) is 5.75. The van der Waals surface area contributed by atoms with Crippen LogP contribution >= 0.6 is 0 Å². The van der Waals surface area contributed by atoms with E-state index in [-0.39, 0.29) is 11.7 Å². The molecule has 0 atom stereocenters. The number of carbonyl (C=O) groups excluding carboxylic acids is 2. The molecular formula is C20H23N3O3. The van der Waals surface area contributed by atoms with Gasteiger partial charge < -0.3 is 9.64 Å². The molecule has 1 saturated heterocycles. The van der Waals surface area contributed by atoms with Gasteiger partial charge in [0, 0.05) is 38.7 Å². The van der Waals surface area contributed by atoms with Gasteiger partial charge in [0.25, 0.3) is 5.91 Å². The number of amides is 1. The monoisotopic (exact) mass is 353 g/mol.